The summed E-state index contributed by atoms with van der Waals surface area (Å²) < 4.78 is 28.5. The molecule has 3 aromatic rings. The summed E-state index contributed by atoms with van der Waals surface area (Å²) in [5.74, 6) is -1.11. The molecule has 9 heteroatoms. The zero-order valence-corrected chi connectivity index (χ0v) is 23.9. The maximum Gasteiger partial charge on any atom is 0.340 e. The predicted octanol–water partition coefficient (Wildman–Crippen LogP) is 5.94. The first kappa shape index (κ1) is 27.9. The van der Waals surface area contributed by atoms with Gasteiger partial charge in [0.1, 0.15) is 23.0 Å². The first-order valence-corrected chi connectivity index (χ1v) is 13.0. The average molecular weight is 559 g/mol. The lowest BCUT2D eigenvalue weighted by Crippen LogP contribution is -2.33. The van der Waals surface area contributed by atoms with Crippen molar-refractivity contribution in [3.63, 3.8) is 0 Å². The van der Waals surface area contributed by atoms with Crippen LogP contribution in [0.25, 0.3) is 0 Å². The van der Waals surface area contributed by atoms with Gasteiger partial charge in [-0.1, -0.05) is 0 Å². The summed E-state index contributed by atoms with van der Waals surface area (Å²) in [4.78, 5) is 50.9. The highest BCUT2D eigenvalue weighted by atomic mass is 16.6. The van der Waals surface area contributed by atoms with E-state index in [0.717, 1.165) is 0 Å². The zero-order valence-electron chi connectivity index (χ0n) is 23.9. The number of esters is 4. The highest BCUT2D eigenvalue weighted by Gasteiger charge is 2.54. The third-order valence-electron chi connectivity index (χ3n) is 6.82. The third-order valence-corrected chi connectivity index (χ3v) is 6.82. The maximum atomic E-state index is 13.2. The smallest absolute Gasteiger partial charge is 0.340 e. The van der Waals surface area contributed by atoms with Crippen LogP contribution in [0.2, 0.25) is 0 Å². The Hall–Kier alpha value is -4.66. The van der Waals surface area contributed by atoms with Gasteiger partial charge in [-0.25, -0.2) is 9.59 Å². The number of hydrogen-bond donors (Lipinski definition) is 0. The molecule has 0 aliphatic carbocycles. The number of methoxy groups -OCH3 is 1. The summed E-state index contributed by atoms with van der Waals surface area (Å²) in [6.45, 7) is 10.4. The molecule has 2 aliphatic rings. The zero-order chi connectivity index (χ0) is 29.9. The number of benzene rings is 3. The molecule has 0 fully saturated rings. The van der Waals surface area contributed by atoms with Crippen LogP contribution in [0.5, 0.6) is 23.0 Å². The van der Waals surface area contributed by atoms with Gasteiger partial charge in [0.25, 0.3) is 0 Å². The summed E-state index contributed by atoms with van der Waals surface area (Å²) in [5, 5.41) is 0. The minimum Gasteiger partial charge on any atom is -0.465 e. The normalized spacial score (nSPS) is 14.7. The second kappa shape index (κ2) is 9.47. The van der Waals surface area contributed by atoms with Crippen LogP contribution in [0.15, 0.2) is 54.6 Å². The van der Waals surface area contributed by atoms with Gasteiger partial charge in [0, 0.05) is 28.8 Å². The molecule has 2 heterocycles. The molecular weight excluding hydrogens is 528 g/mol. The van der Waals surface area contributed by atoms with Gasteiger partial charge in [0.05, 0.1) is 29.1 Å². The molecule has 0 bridgehead atoms. The first-order chi connectivity index (χ1) is 19.1. The van der Waals surface area contributed by atoms with Crippen molar-refractivity contribution in [2.24, 2.45) is 10.8 Å². The van der Waals surface area contributed by atoms with Crippen molar-refractivity contribution in [2.45, 2.75) is 47.1 Å². The highest BCUT2D eigenvalue weighted by molar-refractivity contribution is 5.99. The van der Waals surface area contributed by atoms with Gasteiger partial charge in [0.15, 0.2) is 5.60 Å². The first-order valence-electron chi connectivity index (χ1n) is 13.0. The van der Waals surface area contributed by atoms with Gasteiger partial charge in [0.2, 0.25) is 0 Å². The van der Waals surface area contributed by atoms with Crippen molar-refractivity contribution in [1.82, 2.24) is 0 Å². The maximum absolute atomic E-state index is 13.2. The van der Waals surface area contributed by atoms with E-state index in [1.165, 1.54) is 31.4 Å². The molecule has 0 unspecified atom stereocenters. The van der Waals surface area contributed by atoms with Crippen molar-refractivity contribution < 1.29 is 42.9 Å². The summed E-state index contributed by atoms with van der Waals surface area (Å²) in [5.41, 5.74) is -1.20. The van der Waals surface area contributed by atoms with Crippen LogP contribution in [0.3, 0.4) is 0 Å². The monoisotopic (exact) mass is 558 g/mol. The lowest BCUT2D eigenvalue weighted by Gasteiger charge is -2.36. The fraction of sp³-hybridized carbons (Fsp3) is 0.312. The van der Waals surface area contributed by atoms with Crippen molar-refractivity contribution in [2.75, 3.05) is 7.11 Å². The molecule has 0 amide bonds. The van der Waals surface area contributed by atoms with Gasteiger partial charge in [-0.2, -0.15) is 0 Å². The second-order valence-electron chi connectivity index (χ2n) is 12.0. The molecule has 1 spiro atoms. The van der Waals surface area contributed by atoms with E-state index < -0.39 is 40.3 Å². The van der Waals surface area contributed by atoms with Crippen molar-refractivity contribution in [3.05, 3.63) is 82.4 Å². The minimum atomic E-state index is -1.52. The van der Waals surface area contributed by atoms with E-state index in [9.17, 15) is 19.2 Å². The van der Waals surface area contributed by atoms with Crippen molar-refractivity contribution in [1.29, 1.82) is 0 Å². The van der Waals surface area contributed by atoms with E-state index in [1.807, 2.05) is 0 Å². The molecule has 0 aromatic heterocycles. The molecule has 0 saturated carbocycles. The van der Waals surface area contributed by atoms with Crippen molar-refractivity contribution >= 4 is 23.9 Å². The Labute approximate surface area is 237 Å². The molecule has 0 radical (unpaired) electrons. The van der Waals surface area contributed by atoms with E-state index in [-0.39, 0.29) is 34.1 Å². The number of carbonyl (C=O) groups excluding carboxylic acids is 4. The number of hydrogen-bond acceptors (Lipinski definition) is 9. The van der Waals surface area contributed by atoms with E-state index in [2.05, 4.69) is 0 Å². The van der Waals surface area contributed by atoms with Crippen molar-refractivity contribution in [3.8, 4) is 23.0 Å². The third kappa shape index (κ3) is 4.71. The Morgan fingerprint density at radius 3 is 1.68 bits per heavy atom. The van der Waals surface area contributed by atoms with Crippen LogP contribution < -0.4 is 14.2 Å². The topological polar surface area (TPSA) is 114 Å². The lowest BCUT2D eigenvalue weighted by molar-refractivity contribution is -0.143. The lowest BCUT2D eigenvalue weighted by atomic mass is 9.77. The van der Waals surface area contributed by atoms with E-state index >= 15 is 0 Å². The van der Waals surface area contributed by atoms with Gasteiger partial charge >= 0.3 is 23.9 Å². The molecule has 41 heavy (non-hydrogen) atoms. The fourth-order valence-electron chi connectivity index (χ4n) is 4.57. The van der Waals surface area contributed by atoms with Crippen LogP contribution in [-0.2, 0) is 24.7 Å². The van der Waals surface area contributed by atoms with E-state index in [0.29, 0.717) is 16.7 Å². The standard InChI is InChI=1S/C32H30O9/c1-30(2,3)28(35)38-18-9-12-21-24(15-18)40-25-16-19(39-29(36)31(4,5)6)10-13-22(25)32(21)23-14-17(26(33)37-7)8-11-20(23)27(34)41-32/h8-16H,1-7H3. The number of fused-ring (bicyclic) bond motifs is 6. The Morgan fingerprint density at radius 2 is 1.22 bits per heavy atom. The van der Waals surface area contributed by atoms with Crippen LogP contribution in [0.1, 0.15) is 78.9 Å². The molecule has 9 nitrogen and oxygen atoms in total. The number of rotatable bonds is 3. The van der Waals surface area contributed by atoms with Crippen LogP contribution >= 0.6 is 0 Å². The minimum absolute atomic E-state index is 0.227. The fourth-order valence-corrected chi connectivity index (χ4v) is 4.57. The summed E-state index contributed by atoms with van der Waals surface area (Å²) in [6, 6.07) is 14.1. The van der Waals surface area contributed by atoms with Crippen LogP contribution in [0, 0.1) is 10.8 Å². The Morgan fingerprint density at radius 1 is 0.707 bits per heavy atom. The van der Waals surface area contributed by atoms with Gasteiger partial charge in [-0.3, -0.25) is 9.59 Å². The highest BCUT2D eigenvalue weighted by Crippen LogP contribution is 2.57. The molecule has 5 rings (SSSR count). The molecule has 0 saturated heterocycles. The van der Waals surface area contributed by atoms with E-state index in [1.54, 1.807) is 71.9 Å². The molecule has 0 atom stereocenters. The average Bonchev–Trinajstić information content (AvgIpc) is 3.18. The van der Waals surface area contributed by atoms with Gasteiger partial charge in [-0.05, 0) is 84.0 Å². The quantitative estimate of drug-likeness (QED) is 0.284. The molecule has 212 valence electrons. The largest absolute Gasteiger partial charge is 0.465 e. The molecule has 2 aliphatic heterocycles. The molecule has 3 aromatic carbocycles. The Kier molecular flexibility index (Phi) is 6.44. The van der Waals surface area contributed by atoms with Crippen LogP contribution in [0.4, 0.5) is 0 Å². The van der Waals surface area contributed by atoms with Crippen LogP contribution in [-0.4, -0.2) is 31.0 Å². The molecule has 0 N–H and O–H groups in total. The summed E-state index contributed by atoms with van der Waals surface area (Å²) in [6.07, 6.45) is 0. The van der Waals surface area contributed by atoms with E-state index in [4.69, 9.17) is 23.7 Å². The predicted molar refractivity (Wildman–Crippen MR) is 146 cm³/mol. The SMILES string of the molecule is COC(=O)c1ccc2c(c1)C1(OC2=O)c2ccc(OC(=O)C(C)(C)C)cc2Oc2cc(OC(=O)C(C)(C)C)ccc21. The van der Waals surface area contributed by atoms with Gasteiger partial charge < -0.3 is 23.7 Å². The summed E-state index contributed by atoms with van der Waals surface area (Å²) >= 11 is 0. The molecular formula is C32H30O9. The second-order valence-corrected chi connectivity index (χ2v) is 12.0. The Balaban J connectivity index is 1.71. The van der Waals surface area contributed by atoms with Gasteiger partial charge in [-0.15, -0.1) is 0 Å². The number of ether oxygens (including phenoxy) is 5. The summed E-state index contributed by atoms with van der Waals surface area (Å²) in [7, 11) is 1.27. The number of carbonyl (C=O) groups is 4. The Bertz CT molecular complexity index is 1540.